The van der Waals surface area contributed by atoms with Gasteiger partial charge < -0.3 is 5.32 Å². The second kappa shape index (κ2) is 2.81. The quantitative estimate of drug-likeness (QED) is 0.524. The molecule has 2 fully saturated rings. The molecule has 0 spiro atoms. The van der Waals surface area contributed by atoms with Gasteiger partial charge in [0.05, 0.1) is 12.6 Å². The molecule has 2 atom stereocenters. The largest absolute Gasteiger partial charge is 0.343 e. The molecule has 0 aromatic heterocycles. The molecular formula is C8H14N2O. The number of carbonyl (C=O) groups is 1. The predicted octanol–water partition coefficient (Wildman–Crippen LogP) is 0.222. The third-order valence-electron chi connectivity index (χ3n) is 2.73. The van der Waals surface area contributed by atoms with Crippen molar-refractivity contribution in [3.63, 3.8) is 0 Å². The van der Waals surface area contributed by atoms with E-state index in [4.69, 9.17) is 0 Å². The number of carbonyl (C=O) groups excluding carboxylic acids is 1. The molecule has 0 bridgehead atoms. The topological polar surface area (TPSA) is 41.1 Å². The van der Waals surface area contributed by atoms with Crippen LogP contribution in [0, 0.1) is 5.92 Å². The Balaban J connectivity index is 2.05. The fourth-order valence-corrected chi connectivity index (χ4v) is 2.09. The smallest absolute Gasteiger partial charge is 0.225 e. The van der Waals surface area contributed by atoms with E-state index in [0.29, 0.717) is 12.7 Å². The molecule has 3 nitrogen and oxygen atoms in total. The summed E-state index contributed by atoms with van der Waals surface area (Å²) in [5.41, 5.74) is 0. The predicted molar refractivity (Wildman–Crippen MR) is 41.9 cm³/mol. The van der Waals surface area contributed by atoms with Gasteiger partial charge in [-0.25, -0.2) is 0 Å². The van der Waals surface area contributed by atoms with E-state index in [2.05, 4.69) is 10.6 Å². The fourth-order valence-electron chi connectivity index (χ4n) is 2.09. The van der Waals surface area contributed by atoms with Crippen LogP contribution >= 0.6 is 0 Å². The summed E-state index contributed by atoms with van der Waals surface area (Å²) in [5.74, 6) is 0.519. The Labute approximate surface area is 66.5 Å². The second-order valence-electron chi connectivity index (χ2n) is 3.42. The molecule has 62 valence electrons. The molecule has 2 rings (SSSR count). The van der Waals surface area contributed by atoms with E-state index in [0.717, 1.165) is 6.42 Å². The maximum atomic E-state index is 11.3. The Bertz CT molecular complexity index is 167. The van der Waals surface area contributed by atoms with Gasteiger partial charge in [0.2, 0.25) is 5.91 Å². The molecule has 0 unspecified atom stereocenters. The molecular weight excluding hydrogens is 140 g/mol. The van der Waals surface area contributed by atoms with Gasteiger partial charge in [0, 0.05) is 6.04 Å². The minimum absolute atomic E-state index is 0.258. The number of amides is 1. The first kappa shape index (κ1) is 7.10. The average molecular weight is 154 g/mol. The van der Waals surface area contributed by atoms with Crippen molar-refractivity contribution >= 4 is 5.91 Å². The van der Waals surface area contributed by atoms with E-state index < -0.39 is 0 Å². The molecule has 1 heterocycles. The lowest BCUT2D eigenvalue weighted by Crippen LogP contribution is -2.55. The zero-order chi connectivity index (χ0) is 7.68. The molecule has 11 heavy (non-hydrogen) atoms. The van der Waals surface area contributed by atoms with E-state index in [1.807, 2.05) is 0 Å². The fraction of sp³-hybridized carbons (Fsp3) is 0.875. The van der Waals surface area contributed by atoms with Crippen LogP contribution in [0.4, 0.5) is 0 Å². The normalized spacial score (nSPS) is 37.6. The highest BCUT2D eigenvalue weighted by Gasteiger charge is 2.32. The van der Waals surface area contributed by atoms with E-state index >= 15 is 0 Å². The zero-order valence-corrected chi connectivity index (χ0v) is 6.60. The second-order valence-corrected chi connectivity index (χ2v) is 3.42. The van der Waals surface area contributed by atoms with E-state index in [-0.39, 0.29) is 11.8 Å². The summed E-state index contributed by atoms with van der Waals surface area (Å²) in [6, 6.07) is 0.470. The molecule has 1 aliphatic heterocycles. The lowest BCUT2D eigenvalue weighted by Gasteiger charge is -2.35. The van der Waals surface area contributed by atoms with Crippen molar-refractivity contribution in [3.05, 3.63) is 0 Å². The first-order valence-electron chi connectivity index (χ1n) is 4.39. The van der Waals surface area contributed by atoms with Crippen molar-refractivity contribution < 1.29 is 4.79 Å². The number of hydrogen-bond acceptors (Lipinski definition) is 2. The Kier molecular flexibility index (Phi) is 1.82. The first-order valence-corrected chi connectivity index (χ1v) is 4.39. The van der Waals surface area contributed by atoms with E-state index in [1.165, 1.54) is 19.3 Å². The zero-order valence-electron chi connectivity index (χ0n) is 6.60. The van der Waals surface area contributed by atoms with E-state index in [1.54, 1.807) is 0 Å². The van der Waals surface area contributed by atoms with Gasteiger partial charge in [-0.05, 0) is 12.8 Å². The van der Waals surface area contributed by atoms with Gasteiger partial charge in [0.1, 0.15) is 0 Å². The number of fused-ring (bicyclic) bond motifs is 1. The molecule has 0 aromatic rings. The molecule has 1 aliphatic carbocycles. The summed E-state index contributed by atoms with van der Waals surface area (Å²) in [6.07, 6.45) is 4.75. The summed E-state index contributed by atoms with van der Waals surface area (Å²) in [6.45, 7) is 0.667. The van der Waals surface area contributed by atoms with Gasteiger partial charge in [0.15, 0.2) is 0 Å². The minimum Gasteiger partial charge on any atom is -0.343 e. The van der Waals surface area contributed by atoms with Crippen LogP contribution in [-0.4, -0.2) is 18.6 Å². The average Bonchev–Trinajstić information content (AvgIpc) is 2.06. The highest BCUT2D eigenvalue weighted by Crippen LogP contribution is 2.25. The van der Waals surface area contributed by atoms with Crippen LogP contribution in [0.5, 0.6) is 0 Å². The Morgan fingerprint density at radius 2 is 2.09 bits per heavy atom. The Morgan fingerprint density at radius 3 is 2.91 bits per heavy atom. The van der Waals surface area contributed by atoms with Crippen molar-refractivity contribution in [1.82, 2.24) is 10.6 Å². The van der Waals surface area contributed by atoms with Crippen LogP contribution in [0.3, 0.4) is 0 Å². The summed E-state index contributed by atoms with van der Waals surface area (Å²) in [7, 11) is 0. The summed E-state index contributed by atoms with van der Waals surface area (Å²) < 4.78 is 0. The monoisotopic (exact) mass is 154 g/mol. The van der Waals surface area contributed by atoms with Crippen LogP contribution < -0.4 is 10.6 Å². The molecule has 0 aromatic carbocycles. The third kappa shape index (κ3) is 1.25. The lowest BCUT2D eigenvalue weighted by atomic mass is 9.83. The number of rotatable bonds is 0. The van der Waals surface area contributed by atoms with Crippen LogP contribution in [0.1, 0.15) is 25.7 Å². The van der Waals surface area contributed by atoms with Gasteiger partial charge in [-0.2, -0.15) is 0 Å². The standard InChI is InChI=1S/C8H14N2O/c11-8-6-3-1-2-4-7(6)9-5-10-8/h6-7,9H,1-5H2,(H,10,11)/t6-,7+/m1/s1. The lowest BCUT2D eigenvalue weighted by molar-refractivity contribution is -0.129. The highest BCUT2D eigenvalue weighted by atomic mass is 16.2. The molecule has 1 saturated carbocycles. The highest BCUT2D eigenvalue weighted by molar-refractivity contribution is 5.80. The van der Waals surface area contributed by atoms with Crippen LogP contribution in [0.2, 0.25) is 0 Å². The van der Waals surface area contributed by atoms with Gasteiger partial charge in [-0.15, -0.1) is 0 Å². The van der Waals surface area contributed by atoms with Crippen molar-refractivity contribution in [1.29, 1.82) is 0 Å². The van der Waals surface area contributed by atoms with Crippen molar-refractivity contribution in [2.75, 3.05) is 6.67 Å². The van der Waals surface area contributed by atoms with Crippen LogP contribution in [0.25, 0.3) is 0 Å². The number of nitrogens with one attached hydrogen (secondary N) is 2. The summed E-state index contributed by atoms with van der Waals surface area (Å²) >= 11 is 0. The van der Waals surface area contributed by atoms with Gasteiger partial charge in [-0.3, -0.25) is 10.1 Å². The Hall–Kier alpha value is -0.570. The minimum atomic E-state index is 0.258. The summed E-state index contributed by atoms with van der Waals surface area (Å²) in [4.78, 5) is 11.3. The molecule has 1 saturated heterocycles. The summed E-state index contributed by atoms with van der Waals surface area (Å²) in [5, 5.41) is 6.15. The third-order valence-corrected chi connectivity index (χ3v) is 2.73. The van der Waals surface area contributed by atoms with Crippen molar-refractivity contribution in [2.24, 2.45) is 5.92 Å². The van der Waals surface area contributed by atoms with E-state index in [9.17, 15) is 4.79 Å². The van der Waals surface area contributed by atoms with Gasteiger partial charge >= 0.3 is 0 Å². The van der Waals surface area contributed by atoms with Crippen LogP contribution in [-0.2, 0) is 4.79 Å². The molecule has 2 N–H and O–H groups in total. The molecule has 3 heteroatoms. The van der Waals surface area contributed by atoms with Gasteiger partial charge in [-0.1, -0.05) is 12.8 Å². The maximum absolute atomic E-state index is 11.3. The Morgan fingerprint density at radius 1 is 1.27 bits per heavy atom. The molecule has 1 amide bonds. The van der Waals surface area contributed by atoms with Crippen LogP contribution in [0.15, 0.2) is 0 Å². The molecule has 2 aliphatic rings. The van der Waals surface area contributed by atoms with Crippen molar-refractivity contribution in [2.45, 2.75) is 31.7 Å². The van der Waals surface area contributed by atoms with Gasteiger partial charge in [0.25, 0.3) is 0 Å². The first-order chi connectivity index (χ1) is 5.38. The molecule has 0 radical (unpaired) electrons. The van der Waals surface area contributed by atoms with Crippen molar-refractivity contribution in [3.8, 4) is 0 Å². The maximum Gasteiger partial charge on any atom is 0.225 e. The number of hydrogen-bond donors (Lipinski definition) is 2. The SMILES string of the molecule is O=C1NCN[C@H]2CCCC[C@@H]12.